The van der Waals surface area contributed by atoms with Gasteiger partial charge in [-0.3, -0.25) is 0 Å². The van der Waals surface area contributed by atoms with E-state index in [1.54, 1.807) is 12.4 Å². The molecule has 0 unspecified atom stereocenters. The van der Waals surface area contributed by atoms with Crippen LogP contribution in [-0.2, 0) is 19.5 Å². The molecule has 0 fully saturated rings. The fraction of sp³-hybridized carbons (Fsp3) is 0.261. The third-order valence-corrected chi connectivity index (χ3v) is 5.64. The molecule has 0 bridgehead atoms. The standard InChI is InChI=1S/C23H24N6O/c24-23-19-2-1-3-20(18(19)5-8-27-23)28-14-16-4-7-26-22(13-16)30-15-17-6-10-29-11-9-25-21(29)12-17/h1-5,7-9,11,13,17,28H,6,10,12,14-15H2,(H2,24,27)/t17-/m1/s1. The number of nitrogen functional groups attached to an aromatic ring is 1. The van der Waals surface area contributed by atoms with Crippen LogP contribution in [0.1, 0.15) is 17.8 Å². The van der Waals surface area contributed by atoms with E-state index >= 15 is 0 Å². The lowest BCUT2D eigenvalue weighted by Crippen LogP contribution is -2.24. The summed E-state index contributed by atoms with van der Waals surface area (Å²) in [5, 5.41) is 5.51. The molecule has 1 atom stereocenters. The Bertz CT molecular complexity index is 1170. The number of rotatable bonds is 6. The van der Waals surface area contributed by atoms with E-state index in [0.717, 1.165) is 47.2 Å². The van der Waals surface area contributed by atoms with Crippen LogP contribution in [0.2, 0.25) is 0 Å². The van der Waals surface area contributed by atoms with Gasteiger partial charge in [0.1, 0.15) is 11.6 Å². The fourth-order valence-electron chi connectivity index (χ4n) is 3.98. The molecule has 7 heteroatoms. The minimum absolute atomic E-state index is 0.471. The van der Waals surface area contributed by atoms with Crippen molar-refractivity contribution in [2.45, 2.75) is 25.9 Å². The summed E-state index contributed by atoms with van der Waals surface area (Å²) in [6.45, 7) is 2.33. The zero-order valence-corrected chi connectivity index (χ0v) is 16.7. The first-order valence-electron chi connectivity index (χ1n) is 10.2. The summed E-state index contributed by atoms with van der Waals surface area (Å²) in [7, 11) is 0. The van der Waals surface area contributed by atoms with Gasteiger partial charge in [-0.1, -0.05) is 12.1 Å². The minimum atomic E-state index is 0.471. The number of aromatic nitrogens is 4. The van der Waals surface area contributed by atoms with Gasteiger partial charge >= 0.3 is 0 Å². The Kier molecular flexibility index (Phi) is 4.93. The number of benzene rings is 1. The summed E-state index contributed by atoms with van der Waals surface area (Å²) in [4.78, 5) is 13.0. The van der Waals surface area contributed by atoms with Crippen molar-refractivity contribution >= 4 is 22.3 Å². The van der Waals surface area contributed by atoms with Crippen LogP contribution in [0.5, 0.6) is 5.88 Å². The van der Waals surface area contributed by atoms with E-state index in [1.807, 2.05) is 48.8 Å². The second-order valence-corrected chi connectivity index (χ2v) is 7.66. The number of nitrogens with one attached hydrogen (secondary N) is 1. The molecule has 5 rings (SSSR count). The molecule has 3 N–H and O–H groups in total. The van der Waals surface area contributed by atoms with Gasteiger partial charge in [0, 0.05) is 72.7 Å². The molecular formula is C23H24N6O. The van der Waals surface area contributed by atoms with Gasteiger partial charge in [-0.25, -0.2) is 15.0 Å². The minimum Gasteiger partial charge on any atom is -0.477 e. The number of aryl methyl sites for hydroxylation is 1. The predicted octanol–water partition coefficient (Wildman–Crippen LogP) is 3.66. The van der Waals surface area contributed by atoms with Crippen molar-refractivity contribution in [3.63, 3.8) is 0 Å². The number of imidazole rings is 1. The molecular weight excluding hydrogens is 376 g/mol. The van der Waals surface area contributed by atoms with E-state index < -0.39 is 0 Å². The van der Waals surface area contributed by atoms with Crippen molar-refractivity contribution in [2.75, 3.05) is 17.7 Å². The summed E-state index contributed by atoms with van der Waals surface area (Å²) in [6, 6.07) is 12.0. The fourth-order valence-corrected chi connectivity index (χ4v) is 3.98. The number of anilines is 2. The molecule has 30 heavy (non-hydrogen) atoms. The van der Waals surface area contributed by atoms with Crippen LogP contribution < -0.4 is 15.8 Å². The van der Waals surface area contributed by atoms with Crippen LogP contribution in [-0.4, -0.2) is 26.1 Å². The predicted molar refractivity (Wildman–Crippen MR) is 117 cm³/mol. The first kappa shape index (κ1) is 18.4. The van der Waals surface area contributed by atoms with Crippen LogP contribution >= 0.6 is 0 Å². The molecule has 0 saturated heterocycles. The number of ether oxygens (including phenoxy) is 1. The van der Waals surface area contributed by atoms with Crippen molar-refractivity contribution in [1.29, 1.82) is 0 Å². The monoisotopic (exact) mass is 400 g/mol. The van der Waals surface area contributed by atoms with E-state index in [0.29, 0.717) is 30.8 Å². The van der Waals surface area contributed by atoms with E-state index in [-0.39, 0.29) is 0 Å². The van der Waals surface area contributed by atoms with Gasteiger partial charge in [0.2, 0.25) is 5.88 Å². The maximum atomic E-state index is 6.02. The Morgan fingerprint density at radius 1 is 1.07 bits per heavy atom. The summed E-state index contributed by atoms with van der Waals surface area (Å²) in [5.74, 6) is 2.82. The van der Waals surface area contributed by atoms with E-state index in [2.05, 4.69) is 24.8 Å². The van der Waals surface area contributed by atoms with Crippen LogP contribution in [0.3, 0.4) is 0 Å². The molecule has 1 aromatic carbocycles. The van der Waals surface area contributed by atoms with Crippen molar-refractivity contribution in [2.24, 2.45) is 5.92 Å². The molecule has 1 aliphatic heterocycles. The molecule has 1 aliphatic rings. The molecule has 0 saturated carbocycles. The maximum absolute atomic E-state index is 6.02. The Hall–Kier alpha value is -3.61. The van der Waals surface area contributed by atoms with Gasteiger partial charge in [-0.2, -0.15) is 0 Å². The number of hydrogen-bond acceptors (Lipinski definition) is 6. The van der Waals surface area contributed by atoms with Crippen LogP contribution in [0.25, 0.3) is 10.8 Å². The van der Waals surface area contributed by atoms with Crippen molar-refractivity contribution < 1.29 is 4.74 Å². The van der Waals surface area contributed by atoms with E-state index in [9.17, 15) is 0 Å². The number of pyridine rings is 2. The van der Waals surface area contributed by atoms with Crippen molar-refractivity contribution in [1.82, 2.24) is 19.5 Å². The van der Waals surface area contributed by atoms with Gasteiger partial charge in [0.15, 0.2) is 0 Å². The molecule has 4 aromatic rings. The van der Waals surface area contributed by atoms with Crippen LogP contribution in [0.15, 0.2) is 61.2 Å². The summed E-state index contributed by atoms with van der Waals surface area (Å²) < 4.78 is 8.24. The number of nitrogens with zero attached hydrogens (tertiary/aromatic N) is 4. The average Bonchev–Trinajstić information content (AvgIpc) is 3.25. The maximum Gasteiger partial charge on any atom is 0.213 e. The Balaban J connectivity index is 1.22. The van der Waals surface area contributed by atoms with Crippen molar-refractivity contribution in [3.05, 3.63) is 72.6 Å². The zero-order valence-electron chi connectivity index (χ0n) is 16.7. The zero-order chi connectivity index (χ0) is 20.3. The molecule has 152 valence electrons. The smallest absolute Gasteiger partial charge is 0.213 e. The highest BCUT2D eigenvalue weighted by Gasteiger charge is 2.19. The molecule has 7 nitrogen and oxygen atoms in total. The Labute approximate surface area is 174 Å². The second kappa shape index (κ2) is 8.02. The third-order valence-electron chi connectivity index (χ3n) is 5.64. The SMILES string of the molecule is Nc1nccc2c(NCc3ccnc(OC[C@@H]4CCn5ccnc5C4)c3)cccc12. The lowest BCUT2D eigenvalue weighted by atomic mass is 9.99. The third kappa shape index (κ3) is 3.78. The van der Waals surface area contributed by atoms with Crippen LogP contribution in [0, 0.1) is 5.92 Å². The highest BCUT2D eigenvalue weighted by atomic mass is 16.5. The highest BCUT2D eigenvalue weighted by molar-refractivity contribution is 5.99. The van der Waals surface area contributed by atoms with Gasteiger partial charge in [-0.05, 0) is 30.2 Å². The number of hydrogen-bond donors (Lipinski definition) is 2. The van der Waals surface area contributed by atoms with Crippen LogP contribution in [0.4, 0.5) is 11.5 Å². The highest BCUT2D eigenvalue weighted by Crippen LogP contribution is 2.27. The van der Waals surface area contributed by atoms with Gasteiger partial charge in [0.25, 0.3) is 0 Å². The molecule has 0 spiro atoms. The lowest BCUT2D eigenvalue weighted by molar-refractivity contribution is 0.212. The number of nitrogens with two attached hydrogens (primary N) is 1. The summed E-state index contributed by atoms with van der Waals surface area (Å²) >= 11 is 0. The van der Waals surface area contributed by atoms with Gasteiger partial charge < -0.3 is 20.4 Å². The Morgan fingerprint density at radius 3 is 2.97 bits per heavy atom. The first-order valence-corrected chi connectivity index (χ1v) is 10.2. The first-order chi connectivity index (χ1) is 14.8. The second-order valence-electron chi connectivity index (χ2n) is 7.66. The number of fused-ring (bicyclic) bond motifs is 2. The summed E-state index contributed by atoms with van der Waals surface area (Å²) in [5.41, 5.74) is 8.13. The molecule has 0 amide bonds. The van der Waals surface area contributed by atoms with Crippen molar-refractivity contribution in [3.8, 4) is 5.88 Å². The largest absolute Gasteiger partial charge is 0.477 e. The van der Waals surface area contributed by atoms with E-state index in [1.165, 1.54) is 0 Å². The molecule has 0 radical (unpaired) electrons. The summed E-state index contributed by atoms with van der Waals surface area (Å²) in [6.07, 6.45) is 9.50. The quantitative estimate of drug-likeness (QED) is 0.513. The average molecular weight is 400 g/mol. The van der Waals surface area contributed by atoms with Gasteiger partial charge in [-0.15, -0.1) is 0 Å². The molecule has 4 heterocycles. The Morgan fingerprint density at radius 2 is 2.00 bits per heavy atom. The lowest BCUT2D eigenvalue weighted by Gasteiger charge is -2.23. The van der Waals surface area contributed by atoms with E-state index in [4.69, 9.17) is 10.5 Å². The topological polar surface area (TPSA) is 90.9 Å². The van der Waals surface area contributed by atoms with Gasteiger partial charge in [0.05, 0.1) is 6.61 Å². The normalized spacial score (nSPS) is 15.7. The molecule has 0 aliphatic carbocycles. The molecule has 3 aromatic heterocycles.